The van der Waals surface area contributed by atoms with E-state index in [-0.39, 0.29) is 19.4 Å². The van der Waals surface area contributed by atoms with Crippen molar-refractivity contribution in [2.75, 3.05) is 13.2 Å². The highest BCUT2D eigenvalue weighted by atomic mass is 19.3. The highest BCUT2D eigenvalue weighted by molar-refractivity contribution is 4.81. The van der Waals surface area contributed by atoms with Gasteiger partial charge in [0, 0.05) is 13.0 Å². The molecule has 0 bridgehead atoms. The number of halogens is 2. The topological polar surface area (TPSA) is 35.2 Å². The van der Waals surface area contributed by atoms with Gasteiger partial charge in [-0.2, -0.15) is 0 Å². The van der Waals surface area contributed by atoms with Gasteiger partial charge in [0.15, 0.2) is 0 Å². The van der Waals surface area contributed by atoms with Gasteiger partial charge in [0.1, 0.15) is 0 Å². The number of alkyl halides is 2. The summed E-state index contributed by atoms with van der Waals surface area (Å²) in [5, 5.41) is 0. The molecule has 10 heavy (non-hydrogen) atoms. The molecule has 0 aromatic carbocycles. The van der Waals surface area contributed by atoms with E-state index < -0.39 is 12.0 Å². The Morgan fingerprint density at radius 3 is 2.80 bits per heavy atom. The maximum absolute atomic E-state index is 12.7. The SMILES string of the molecule is NC1CCOCCC1(F)F. The molecule has 1 rings (SSSR count). The van der Waals surface area contributed by atoms with Crippen LogP contribution in [0.15, 0.2) is 0 Å². The van der Waals surface area contributed by atoms with Gasteiger partial charge in [0.2, 0.25) is 0 Å². The molecule has 0 aromatic heterocycles. The summed E-state index contributed by atoms with van der Waals surface area (Å²) < 4.78 is 30.1. The summed E-state index contributed by atoms with van der Waals surface area (Å²) >= 11 is 0. The van der Waals surface area contributed by atoms with Crippen molar-refractivity contribution in [2.45, 2.75) is 24.8 Å². The standard InChI is InChI=1S/C6H11F2NO/c7-6(8)2-4-10-3-1-5(6)9/h5H,1-4,9H2. The van der Waals surface area contributed by atoms with Gasteiger partial charge in [0.25, 0.3) is 5.92 Å². The van der Waals surface area contributed by atoms with Gasteiger partial charge < -0.3 is 10.5 Å². The average Bonchev–Trinajstić information content (AvgIpc) is 1.96. The van der Waals surface area contributed by atoms with Gasteiger partial charge in [-0.15, -0.1) is 0 Å². The number of hydrogen-bond donors (Lipinski definition) is 1. The summed E-state index contributed by atoms with van der Waals surface area (Å²) in [5.41, 5.74) is 5.18. The predicted octanol–water partition coefficient (Wildman–Crippen LogP) is 0.759. The highest BCUT2D eigenvalue weighted by Crippen LogP contribution is 2.25. The fraction of sp³-hybridized carbons (Fsp3) is 1.00. The first-order valence-electron chi connectivity index (χ1n) is 3.34. The molecule has 0 spiro atoms. The van der Waals surface area contributed by atoms with E-state index in [1.54, 1.807) is 0 Å². The smallest absolute Gasteiger partial charge is 0.265 e. The van der Waals surface area contributed by atoms with E-state index in [0.29, 0.717) is 6.61 Å². The quantitative estimate of drug-likeness (QED) is 0.554. The summed E-state index contributed by atoms with van der Waals surface area (Å²) in [6.07, 6.45) is 0.0150. The number of nitrogens with two attached hydrogens (primary N) is 1. The van der Waals surface area contributed by atoms with Crippen LogP contribution in [0.25, 0.3) is 0 Å². The maximum atomic E-state index is 12.7. The number of ether oxygens (including phenoxy) is 1. The van der Waals surface area contributed by atoms with Crippen molar-refractivity contribution in [3.63, 3.8) is 0 Å². The minimum atomic E-state index is -2.73. The lowest BCUT2D eigenvalue weighted by atomic mass is 10.1. The van der Waals surface area contributed by atoms with Crippen molar-refractivity contribution < 1.29 is 13.5 Å². The summed E-state index contributed by atoms with van der Waals surface area (Å²) in [6, 6.07) is -1.02. The van der Waals surface area contributed by atoms with Gasteiger partial charge in [-0.3, -0.25) is 0 Å². The van der Waals surface area contributed by atoms with Crippen molar-refractivity contribution >= 4 is 0 Å². The molecule has 1 fully saturated rings. The Labute approximate surface area is 58.3 Å². The molecule has 4 heteroatoms. The fourth-order valence-corrected chi connectivity index (χ4v) is 0.917. The molecule has 0 aromatic rings. The van der Waals surface area contributed by atoms with Crippen LogP contribution in [0.3, 0.4) is 0 Å². The minimum absolute atomic E-state index is 0.126. The van der Waals surface area contributed by atoms with E-state index in [2.05, 4.69) is 0 Å². The lowest BCUT2D eigenvalue weighted by Gasteiger charge is -2.18. The molecule has 0 radical (unpaired) electrons. The van der Waals surface area contributed by atoms with Crippen LogP contribution in [0.1, 0.15) is 12.8 Å². The normalized spacial score (nSPS) is 33.3. The number of rotatable bonds is 0. The molecule has 1 atom stereocenters. The van der Waals surface area contributed by atoms with Crippen molar-refractivity contribution in [1.29, 1.82) is 0 Å². The zero-order valence-electron chi connectivity index (χ0n) is 5.65. The molecule has 2 N–H and O–H groups in total. The first-order valence-corrected chi connectivity index (χ1v) is 3.34. The molecule has 1 unspecified atom stereocenters. The van der Waals surface area contributed by atoms with Crippen molar-refractivity contribution in [1.82, 2.24) is 0 Å². The summed E-state index contributed by atoms with van der Waals surface area (Å²) in [7, 11) is 0. The van der Waals surface area contributed by atoms with Crippen LogP contribution in [0, 0.1) is 0 Å². The van der Waals surface area contributed by atoms with Crippen LogP contribution in [-0.2, 0) is 4.74 Å². The molecule has 2 nitrogen and oxygen atoms in total. The second-order valence-electron chi connectivity index (χ2n) is 2.52. The average molecular weight is 151 g/mol. The maximum Gasteiger partial charge on any atom is 0.265 e. The Bertz CT molecular complexity index is 118. The van der Waals surface area contributed by atoms with Crippen LogP contribution in [0.2, 0.25) is 0 Å². The second-order valence-corrected chi connectivity index (χ2v) is 2.52. The van der Waals surface area contributed by atoms with Crippen molar-refractivity contribution in [2.24, 2.45) is 5.73 Å². The first-order chi connectivity index (χ1) is 4.63. The van der Waals surface area contributed by atoms with E-state index in [1.165, 1.54) is 0 Å². The molecule has 0 amide bonds. The van der Waals surface area contributed by atoms with Crippen LogP contribution < -0.4 is 5.73 Å². The van der Waals surface area contributed by atoms with E-state index in [0.717, 1.165) is 0 Å². The Kier molecular flexibility index (Phi) is 2.21. The lowest BCUT2D eigenvalue weighted by molar-refractivity contribution is -0.0331. The number of hydrogen-bond acceptors (Lipinski definition) is 2. The molecular weight excluding hydrogens is 140 g/mol. The van der Waals surface area contributed by atoms with E-state index >= 15 is 0 Å². The third-order valence-corrected chi connectivity index (χ3v) is 1.70. The van der Waals surface area contributed by atoms with Crippen LogP contribution in [-0.4, -0.2) is 25.2 Å². The summed E-state index contributed by atoms with van der Waals surface area (Å²) in [4.78, 5) is 0. The Balaban J connectivity index is 2.52. The van der Waals surface area contributed by atoms with Gasteiger partial charge in [-0.25, -0.2) is 8.78 Å². The zero-order chi connectivity index (χ0) is 7.61. The van der Waals surface area contributed by atoms with Crippen LogP contribution in [0.4, 0.5) is 8.78 Å². The fourth-order valence-electron chi connectivity index (χ4n) is 0.917. The lowest BCUT2D eigenvalue weighted by Crippen LogP contribution is -2.40. The van der Waals surface area contributed by atoms with E-state index in [9.17, 15) is 8.78 Å². The third kappa shape index (κ3) is 1.64. The van der Waals surface area contributed by atoms with Gasteiger partial charge in [-0.1, -0.05) is 0 Å². The third-order valence-electron chi connectivity index (χ3n) is 1.70. The van der Waals surface area contributed by atoms with Gasteiger partial charge in [0.05, 0.1) is 12.6 Å². The molecule has 1 aliphatic heterocycles. The molecule has 0 saturated carbocycles. The van der Waals surface area contributed by atoms with Gasteiger partial charge in [-0.05, 0) is 6.42 Å². The van der Waals surface area contributed by atoms with Crippen LogP contribution >= 0.6 is 0 Å². The Morgan fingerprint density at radius 1 is 1.40 bits per heavy atom. The van der Waals surface area contributed by atoms with Crippen molar-refractivity contribution in [3.8, 4) is 0 Å². The monoisotopic (exact) mass is 151 g/mol. The summed E-state index contributed by atoms with van der Waals surface area (Å²) in [5.74, 6) is -2.73. The molecular formula is C6H11F2NO. The zero-order valence-corrected chi connectivity index (χ0v) is 5.65. The summed E-state index contributed by atoms with van der Waals surface area (Å²) in [6.45, 7) is 0.484. The largest absolute Gasteiger partial charge is 0.381 e. The van der Waals surface area contributed by atoms with Gasteiger partial charge >= 0.3 is 0 Å². The molecule has 0 aliphatic carbocycles. The molecule has 1 aliphatic rings. The Morgan fingerprint density at radius 2 is 2.10 bits per heavy atom. The minimum Gasteiger partial charge on any atom is -0.381 e. The van der Waals surface area contributed by atoms with E-state index in [1.807, 2.05) is 0 Å². The van der Waals surface area contributed by atoms with Crippen LogP contribution in [0.5, 0.6) is 0 Å². The molecule has 60 valence electrons. The van der Waals surface area contributed by atoms with E-state index in [4.69, 9.17) is 10.5 Å². The molecule has 1 saturated heterocycles. The predicted molar refractivity (Wildman–Crippen MR) is 33.0 cm³/mol. The van der Waals surface area contributed by atoms with Crippen molar-refractivity contribution in [3.05, 3.63) is 0 Å². The Hall–Kier alpha value is -0.220. The highest BCUT2D eigenvalue weighted by Gasteiger charge is 2.37. The molecule has 1 heterocycles. The second kappa shape index (κ2) is 2.80. The first kappa shape index (κ1) is 7.88.